The molecule has 0 spiro atoms. The maximum atomic E-state index is 5.78. The Morgan fingerprint density at radius 1 is 1.31 bits per heavy atom. The largest absolute Gasteiger partial charge is 0.383 e. The van der Waals surface area contributed by atoms with Crippen molar-refractivity contribution >= 4 is 5.84 Å². The van der Waals surface area contributed by atoms with E-state index >= 15 is 0 Å². The average molecular weight is 174 g/mol. The van der Waals surface area contributed by atoms with Gasteiger partial charge in [-0.1, -0.05) is 36.4 Å². The predicted octanol–water partition coefficient (Wildman–Crippen LogP) is 2.32. The zero-order chi connectivity index (χ0) is 9.68. The lowest BCUT2D eigenvalue weighted by Gasteiger charge is -1.99. The molecule has 0 fully saturated rings. The number of aliphatic imine (C=N–C) groups is 1. The highest BCUT2D eigenvalue weighted by molar-refractivity contribution is 5.97. The normalized spacial score (nSPS) is 13.1. The summed E-state index contributed by atoms with van der Waals surface area (Å²) in [6.45, 7) is 3.87. The molecular weight excluding hydrogens is 160 g/mol. The summed E-state index contributed by atoms with van der Waals surface area (Å²) in [5.41, 5.74) is 7.67. The number of benzene rings is 1. The van der Waals surface area contributed by atoms with Crippen molar-refractivity contribution in [2.24, 2.45) is 10.7 Å². The molecule has 0 aliphatic carbocycles. The third-order valence-corrected chi connectivity index (χ3v) is 1.78. The van der Waals surface area contributed by atoms with Crippen molar-refractivity contribution in [1.29, 1.82) is 0 Å². The van der Waals surface area contributed by atoms with Crippen LogP contribution in [0, 0.1) is 0 Å². The number of allylic oxidation sites excluding steroid dienone is 2. The Morgan fingerprint density at radius 3 is 2.46 bits per heavy atom. The molecule has 0 aliphatic rings. The van der Waals surface area contributed by atoms with Crippen LogP contribution in [-0.4, -0.2) is 5.84 Å². The molecule has 2 heteroatoms. The van der Waals surface area contributed by atoms with Gasteiger partial charge in [-0.05, 0) is 13.8 Å². The first-order valence-electron chi connectivity index (χ1n) is 4.26. The van der Waals surface area contributed by atoms with Gasteiger partial charge < -0.3 is 5.73 Å². The number of nitrogens with zero attached hydrogens (tertiary/aromatic N) is 1. The van der Waals surface area contributed by atoms with Crippen LogP contribution in [0.15, 0.2) is 47.1 Å². The smallest absolute Gasteiger partial charge is 0.130 e. The Labute approximate surface area is 78.8 Å². The molecule has 1 rings (SSSR count). The van der Waals surface area contributed by atoms with Crippen LogP contribution in [0.4, 0.5) is 0 Å². The second-order valence-electron chi connectivity index (χ2n) is 2.79. The molecule has 0 radical (unpaired) electrons. The molecule has 0 unspecified atom stereocenters. The lowest BCUT2D eigenvalue weighted by Crippen LogP contribution is -2.12. The molecule has 13 heavy (non-hydrogen) atoms. The van der Waals surface area contributed by atoms with Crippen molar-refractivity contribution in [2.45, 2.75) is 13.8 Å². The number of rotatable bonds is 2. The van der Waals surface area contributed by atoms with Crippen LogP contribution in [0.2, 0.25) is 0 Å². The van der Waals surface area contributed by atoms with E-state index in [1.165, 1.54) is 0 Å². The van der Waals surface area contributed by atoms with Crippen LogP contribution in [0.5, 0.6) is 0 Å². The average Bonchev–Trinajstić information content (AvgIpc) is 2.19. The lowest BCUT2D eigenvalue weighted by molar-refractivity contribution is 1.27. The standard InChI is InChI=1S/C11H14N2/c1-3-9(2)13-11(12)10-7-5-4-6-8-10/h3-8H,1-2H3,(H2,12,13)/b9-3-. The van der Waals surface area contributed by atoms with Gasteiger partial charge in [0.15, 0.2) is 0 Å². The molecule has 0 bridgehead atoms. The Bertz CT molecular complexity index is 323. The summed E-state index contributed by atoms with van der Waals surface area (Å²) in [5.74, 6) is 0.566. The van der Waals surface area contributed by atoms with Crippen molar-refractivity contribution in [1.82, 2.24) is 0 Å². The summed E-state index contributed by atoms with van der Waals surface area (Å²) in [6.07, 6.45) is 1.93. The van der Waals surface area contributed by atoms with Gasteiger partial charge in [-0.25, -0.2) is 4.99 Å². The maximum absolute atomic E-state index is 5.78. The zero-order valence-corrected chi connectivity index (χ0v) is 7.99. The minimum atomic E-state index is 0.566. The Morgan fingerprint density at radius 2 is 1.92 bits per heavy atom. The molecular formula is C11H14N2. The summed E-state index contributed by atoms with van der Waals surface area (Å²) in [5, 5.41) is 0. The van der Waals surface area contributed by atoms with Crippen molar-refractivity contribution < 1.29 is 0 Å². The number of hydrogen-bond acceptors (Lipinski definition) is 1. The topological polar surface area (TPSA) is 38.4 Å². The van der Waals surface area contributed by atoms with Crippen molar-refractivity contribution in [2.75, 3.05) is 0 Å². The van der Waals surface area contributed by atoms with Gasteiger partial charge in [-0.3, -0.25) is 0 Å². The monoisotopic (exact) mass is 174 g/mol. The van der Waals surface area contributed by atoms with Gasteiger partial charge in [0.25, 0.3) is 0 Å². The van der Waals surface area contributed by atoms with E-state index < -0.39 is 0 Å². The Hall–Kier alpha value is -1.57. The summed E-state index contributed by atoms with van der Waals surface area (Å²) in [7, 11) is 0. The van der Waals surface area contributed by atoms with Crippen LogP contribution >= 0.6 is 0 Å². The summed E-state index contributed by atoms with van der Waals surface area (Å²) >= 11 is 0. The third kappa shape index (κ3) is 2.75. The molecule has 0 saturated heterocycles. The second kappa shape index (κ2) is 4.45. The van der Waals surface area contributed by atoms with Gasteiger partial charge in [-0.15, -0.1) is 0 Å². The minimum Gasteiger partial charge on any atom is -0.383 e. The van der Waals surface area contributed by atoms with Crippen LogP contribution in [-0.2, 0) is 0 Å². The van der Waals surface area contributed by atoms with E-state index in [-0.39, 0.29) is 0 Å². The summed E-state index contributed by atoms with van der Waals surface area (Å²) in [4.78, 5) is 4.22. The molecule has 0 amide bonds. The number of amidine groups is 1. The zero-order valence-electron chi connectivity index (χ0n) is 7.99. The predicted molar refractivity (Wildman–Crippen MR) is 56.6 cm³/mol. The number of nitrogens with two attached hydrogens (primary N) is 1. The first-order chi connectivity index (χ1) is 6.24. The maximum Gasteiger partial charge on any atom is 0.130 e. The Balaban J connectivity index is 2.92. The lowest BCUT2D eigenvalue weighted by atomic mass is 10.2. The van der Waals surface area contributed by atoms with Crippen LogP contribution in [0.1, 0.15) is 19.4 Å². The highest BCUT2D eigenvalue weighted by atomic mass is 14.9. The van der Waals surface area contributed by atoms with Crippen molar-refractivity contribution in [3.63, 3.8) is 0 Å². The molecule has 0 aliphatic heterocycles. The number of hydrogen-bond donors (Lipinski definition) is 1. The fraction of sp³-hybridized carbons (Fsp3) is 0.182. The van der Waals surface area contributed by atoms with Crippen LogP contribution < -0.4 is 5.73 Å². The van der Waals surface area contributed by atoms with Crippen LogP contribution in [0.25, 0.3) is 0 Å². The first-order valence-corrected chi connectivity index (χ1v) is 4.26. The molecule has 68 valence electrons. The second-order valence-corrected chi connectivity index (χ2v) is 2.79. The van der Waals surface area contributed by atoms with E-state index in [0.29, 0.717) is 5.84 Å². The molecule has 2 nitrogen and oxygen atoms in total. The molecule has 0 saturated carbocycles. The Kier molecular flexibility index (Phi) is 3.26. The van der Waals surface area contributed by atoms with E-state index in [0.717, 1.165) is 11.3 Å². The third-order valence-electron chi connectivity index (χ3n) is 1.78. The highest BCUT2D eigenvalue weighted by Crippen LogP contribution is 2.01. The van der Waals surface area contributed by atoms with E-state index in [1.54, 1.807) is 0 Å². The van der Waals surface area contributed by atoms with Gasteiger partial charge >= 0.3 is 0 Å². The van der Waals surface area contributed by atoms with E-state index in [1.807, 2.05) is 50.3 Å². The molecule has 1 aromatic carbocycles. The molecule has 1 aromatic rings. The van der Waals surface area contributed by atoms with E-state index in [2.05, 4.69) is 4.99 Å². The minimum absolute atomic E-state index is 0.566. The van der Waals surface area contributed by atoms with Gasteiger partial charge in [0.05, 0.1) is 0 Å². The SMILES string of the molecule is C/C=C(C)\N=C(/N)c1ccccc1. The van der Waals surface area contributed by atoms with Gasteiger partial charge in [0.1, 0.15) is 5.84 Å². The summed E-state index contributed by atoms with van der Waals surface area (Å²) < 4.78 is 0. The molecule has 0 aromatic heterocycles. The summed E-state index contributed by atoms with van der Waals surface area (Å²) in [6, 6.07) is 9.74. The quantitative estimate of drug-likeness (QED) is 0.542. The van der Waals surface area contributed by atoms with Crippen molar-refractivity contribution in [3.05, 3.63) is 47.7 Å². The van der Waals surface area contributed by atoms with E-state index in [9.17, 15) is 0 Å². The van der Waals surface area contributed by atoms with Crippen molar-refractivity contribution in [3.8, 4) is 0 Å². The molecule has 0 heterocycles. The fourth-order valence-electron chi connectivity index (χ4n) is 0.928. The molecule has 2 N–H and O–H groups in total. The fourth-order valence-corrected chi connectivity index (χ4v) is 0.928. The van der Waals surface area contributed by atoms with Gasteiger partial charge in [-0.2, -0.15) is 0 Å². The first kappa shape index (κ1) is 9.52. The van der Waals surface area contributed by atoms with Gasteiger partial charge in [0, 0.05) is 11.3 Å². The van der Waals surface area contributed by atoms with Gasteiger partial charge in [0.2, 0.25) is 0 Å². The molecule has 0 atom stereocenters. The van der Waals surface area contributed by atoms with Crippen LogP contribution in [0.3, 0.4) is 0 Å². The van der Waals surface area contributed by atoms with E-state index in [4.69, 9.17) is 5.73 Å². The highest BCUT2D eigenvalue weighted by Gasteiger charge is 1.95.